The van der Waals surface area contributed by atoms with Crippen molar-refractivity contribution in [1.82, 2.24) is 19.6 Å². The van der Waals surface area contributed by atoms with E-state index in [1.54, 1.807) is 0 Å². The van der Waals surface area contributed by atoms with Crippen LogP contribution >= 0.6 is 11.6 Å². The lowest BCUT2D eigenvalue weighted by Gasteiger charge is -2.21. The zero-order valence-electron chi connectivity index (χ0n) is 16.7. The number of rotatable bonds is 4. The summed E-state index contributed by atoms with van der Waals surface area (Å²) in [6, 6.07) is 24.2. The van der Waals surface area contributed by atoms with E-state index in [9.17, 15) is 0 Å². The van der Waals surface area contributed by atoms with E-state index in [2.05, 4.69) is 46.3 Å². The van der Waals surface area contributed by atoms with Crippen molar-refractivity contribution in [2.45, 2.75) is 13.5 Å². The number of hydrogen-bond acceptors (Lipinski definition) is 4. The Kier molecular flexibility index (Phi) is 4.60. The second-order valence-corrected chi connectivity index (χ2v) is 7.85. The van der Waals surface area contributed by atoms with Crippen LogP contribution in [0.3, 0.4) is 0 Å². The monoisotopic (exact) mass is 413 g/mol. The van der Waals surface area contributed by atoms with Crippen LogP contribution in [0.1, 0.15) is 11.1 Å². The van der Waals surface area contributed by atoms with Crippen LogP contribution in [-0.4, -0.2) is 26.6 Å². The second kappa shape index (κ2) is 7.43. The molecular formula is C24H20ClN5. The third kappa shape index (κ3) is 3.17. The number of nitrogens with zero attached hydrogens (tertiary/aromatic N) is 5. The zero-order valence-corrected chi connectivity index (χ0v) is 17.5. The Bertz CT molecular complexity index is 1360. The van der Waals surface area contributed by atoms with Crippen LogP contribution in [0, 0.1) is 6.92 Å². The van der Waals surface area contributed by atoms with Crippen molar-refractivity contribution >= 4 is 34.1 Å². The first-order valence-electron chi connectivity index (χ1n) is 9.77. The van der Waals surface area contributed by atoms with Gasteiger partial charge < -0.3 is 4.90 Å². The molecule has 5 aromatic rings. The van der Waals surface area contributed by atoms with E-state index >= 15 is 0 Å². The zero-order chi connectivity index (χ0) is 20.7. The number of benzene rings is 3. The molecule has 0 saturated heterocycles. The lowest BCUT2D eigenvalue weighted by molar-refractivity contribution is 0.857. The molecule has 0 amide bonds. The molecule has 2 aromatic heterocycles. The number of aryl methyl sites for hydroxylation is 1. The van der Waals surface area contributed by atoms with Crippen molar-refractivity contribution in [3.05, 3.63) is 88.9 Å². The van der Waals surface area contributed by atoms with E-state index < -0.39 is 0 Å². The Morgan fingerprint density at radius 1 is 0.933 bits per heavy atom. The van der Waals surface area contributed by atoms with Gasteiger partial charge in [-0.05, 0) is 36.2 Å². The fraction of sp³-hybridized carbons (Fsp3) is 0.125. The molecule has 2 heterocycles. The predicted molar refractivity (Wildman–Crippen MR) is 122 cm³/mol. The summed E-state index contributed by atoms with van der Waals surface area (Å²) in [5.74, 6) is 1.55. The Hall–Kier alpha value is -3.44. The van der Waals surface area contributed by atoms with Gasteiger partial charge in [-0.2, -0.15) is 0 Å². The Balaban J connectivity index is 1.78. The van der Waals surface area contributed by atoms with Gasteiger partial charge in [0.25, 0.3) is 0 Å². The van der Waals surface area contributed by atoms with E-state index in [0.29, 0.717) is 11.6 Å². The molecule has 0 bridgehead atoms. The quantitative estimate of drug-likeness (QED) is 0.388. The molecule has 0 atom stereocenters. The molecule has 0 fully saturated rings. The second-order valence-electron chi connectivity index (χ2n) is 7.41. The number of halogens is 1. The van der Waals surface area contributed by atoms with Gasteiger partial charge in [-0.1, -0.05) is 66.2 Å². The minimum atomic E-state index is 0.648. The van der Waals surface area contributed by atoms with Crippen molar-refractivity contribution in [2.24, 2.45) is 0 Å². The van der Waals surface area contributed by atoms with Crippen LogP contribution in [-0.2, 0) is 6.54 Å². The molecule has 6 heteroatoms. The van der Waals surface area contributed by atoms with Gasteiger partial charge in [0.1, 0.15) is 0 Å². The first kappa shape index (κ1) is 18.6. The summed E-state index contributed by atoms with van der Waals surface area (Å²) >= 11 is 6.26. The standard InChI is InChI=1S/C24H20ClN5/c1-16-8-6-7-11-19(16)22-27-28-23-20-13-12-18(25)14-21(20)26-24(30(22)23)29(2)15-17-9-4-3-5-10-17/h3-14H,15H2,1-2H3. The van der Waals surface area contributed by atoms with Gasteiger partial charge in [0, 0.05) is 29.6 Å². The molecule has 0 aliphatic rings. The lowest BCUT2D eigenvalue weighted by Crippen LogP contribution is -2.21. The summed E-state index contributed by atoms with van der Waals surface area (Å²) in [5, 5.41) is 10.7. The number of hydrogen-bond donors (Lipinski definition) is 0. The van der Waals surface area contributed by atoms with Gasteiger partial charge in [-0.15, -0.1) is 10.2 Å². The number of aromatic nitrogens is 4. The first-order chi connectivity index (χ1) is 14.6. The van der Waals surface area contributed by atoms with E-state index in [-0.39, 0.29) is 0 Å². The maximum Gasteiger partial charge on any atom is 0.213 e. The Morgan fingerprint density at radius 3 is 2.50 bits per heavy atom. The smallest absolute Gasteiger partial charge is 0.213 e. The predicted octanol–water partition coefficient (Wildman–Crippen LogP) is 5.54. The van der Waals surface area contributed by atoms with Crippen LogP contribution in [0.25, 0.3) is 27.9 Å². The normalized spacial score (nSPS) is 11.3. The van der Waals surface area contributed by atoms with Gasteiger partial charge in [-0.3, -0.25) is 0 Å². The molecule has 0 saturated carbocycles. The topological polar surface area (TPSA) is 46.3 Å². The van der Waals surface area contributed by atoms with Crippen molar-refractivity contribution in [2.75, 3.05) is 11.9 Å². The van der Waals surface area contributed by atoms with Crippen molar-refractivity contribution < 1.29 is 0 Å². The van der Waals surface area contributed by atoms with E-state index in [1.807, 2.05) is 60.0 Å². The number of fused-ring (bicyclic) bond motifs is 3. The molecule has 0 aliphatic carbocycles. The third-order valence-corrected chi connectivity index (χ3v) is 5.51. The summed E-state index contributed by atoms with van der Waals surface area (Å²) in [6.07, 6.45) is 0. The average Bonchev–Trinajstić information content (AvgIpc) is 3.19. The summed E-state index contributed by atoms with van der Waals surface area (Å²) in [6.45, 7) is 2.79. The molecule has 3 aromatic carbocycles. The lowest BCUT2D eigenvalue weighted by atomic mass is 10.1. The van der Waals surface area contributed by atoms with Crippen LogP contribution in [0.5, 0.6) is 0 Å². The highest BCUT2D eigenvalue weighted by molar-refractivity contribution is 6.31. The molecule has 0 radical (unpaired) electrons. The number of anilines is 1. The third-order valence-electron chi connectivity index (χ3n) is 5.27. The Labute approximate surface area is 179 Å². The Morgan fingerprint density at radius 2 is 1.70 bits per heavy atom. The molecule has 148 valence electrons. The highest BCUT2D eigenvalue weighted by atomic mass is 35.5. The molecule has 0 spiro atoms. The summed E-state index contributed by atoms with van der Waals surface area (Å²) in [4.78, 5) is 7.09. The SMILES string of the molecule is Cc1ccccc1-c1nnc2c3ccc(Cl)cc3nc(N(C)Cc3ccccc3)n12. The maximum atomic E-state index is 6.26. The van der Waals surface area contributed by atoms with Gasteiger partial charge in [0.15, 0.2) is 11.5 Å². The van der Waals surface area contributed by atoms with Gasteiger partial charge in [0.05, 0.1) is 5.52 Å². The molecular weight excluding hydrogens is 394 g/mol. The van der Waals surface area contributed by atoms with Gasteiger partial charge in [-0.25, -0.2) is 9.38 Å². The van der Waals surface area contributed by atoms with E-state index in [4.69, 9.17) is 16.6 Å². The van der Waals surface area contributed by atoms with Crippen LogP contribution in [0.4, 0.5) is 5.95 Å². The minimum Gasteiger partial charge on any atom is -0.341 e. The molecule has 0 aliphatic heterocycles. The molecule has 0 unspecified atom stereocenters. The van der Waals surface area contributed by atoms with Gasteiger partial charge in [0.2, 0.25) is 5.95 Å². The van der Waals surface area contributed by atoms with Crippen LogP contribution in [0.2, 0.25) is 5.02 Å². The van der Waals surface area contributed by atoms with Crippen molar-refractivity contribution in [1.29, 1.82) is 0 Å². The molecule has 5 nitrogen and oxygen atoms in total. The van der Waals surface area contributed by atoms with Crippen molar-refractivity contribution in [3.63, 3.8) is 0 Å². The summed E-state index contributed by atoms with van der Waals surface area (Å²) < 4.78 is 2.04. The fourth-order valence-corrected chi connectivity index (χ4v) is 3.94. The highest BCUT2D eigenvalue weighted by Gasteiger charge is 2.20. The minimum absolute atomic E-state index is 0.648. The summed E-state index contributed by atoms with van der Waals surface area (Å²) in [5.41, 5.74) is 4.94. The molecule has 0 N–H and O–H groups in total. The first-order valence-corrected chi connectivity index (χ1v) is 10.1. The highest BCUT2D eigenvalue weighted by Crippen LogP contribution is 2.31. The maximum absolute atomic E-state index is 6.26. The average molecular weight is 414 g/mol. The summed E-state index contributed by atoms with van der Waals surface area (Å²) in [7, 11) is 2.03. The fourth-order valence-electron chi connectivity index (χ4n) is 3.77. The van der Waals surface area contributed by atoms with Gasteiger partial charge >= 0.3 is 0 Å². The van der Waals surface area contributed by atoms with Crippen LogP contribution in [0.15, 0.2) is 72.8 Å². The largest absolute Gasteiger partial charge is 0.341 e. The molecule has 5 rings (SSSR count). The van der Waals surface area contributed by atoms with Crippen molar-refractivity contribution in [3.8, 4) is 11.4 Å². The van der Waals surface area contributed by atoms with E-state index in [0.717, 1.165) is 39.4 Å². The van der Waals surface area contributed by atoms with E-state index in [1.165, 1.54) is 5.56 Å². The molecule has 30 heavy (non-hydrogen) atoms. The van der Waals surface area contributed by atoms with Crippen LogP contribution < -0.4 is 4.90 Å².